The van der Waals surface area contributed by atoms with Gasteiger partial charge in [0.1, 0.15) is 5.84 Å². The molecular formula is C12H19N3O. The van der Waals surface area contributed by atoms with Crippen molar-refractivity contribution in [2.75, 3.05) is 6.54 Å². The van der Waals surface area contributed by atoms with Crippen LogP contribution >= 0.6 is 0 Å². The molecule has 0 aromatic rings. The van der Waals surface area contributed by atoms with Crippen LogP contribution in [-0.2, 0) is 4.79 Å². The molecule has 0 spiro atoms. The molecule has 3 N–H and O–H groups in total. The molecular weight excluding hydrogens is 202 g/mol. The number of carbonyl (C=O) groups excluding carboxylic acids is 1. The highest BCUT2D eigenvalue weighted by Crippen LogP contribution is 2.05. The Morgan fingerprint density at radius 3 is 2.94 bits per heavy atom. The Morgan fingerprint density at radius 1 is 1.69 bits per heavy atom. The van der Waals surface area contributed by atoms with Gasteiger partial charge in [-0.05, 0) is 25.8 Å². The molecule has 1 aliphatic heterocycles. The van der Waals surface area contributed by atoms with Crippen molar-refractivity contribution in [3.63, 3.8) is 0 Å². The van der Waals surface area contributed by atoms with Gasteiger partial charge in [-0.2, -0.15) is 0 Å². The maximum Gasteiger partial charge on any atom is 0.225 e. The summed E-state index contributed by atoms with van der Waals surface area (Å²) in [6.45, 7) is 8.61. The first-order valence-corrected chi connectivity index (χ1v) is 5.43. The van der Waals surface area contributed by atoms with Gasteiger partial charge < -0.3 is 10.6 Å². The predicted octanol–water partition coefficient (Wildman–Crippen LogP) is 1.35. The van der Waals surface area contributed by atoms with E-state index in [4.69, 9.17) is 5.41 Å². The Kier molecular flexibility index (Phi) is 4.43. The Labute approximate surface area is 96.3 Å². The van der Waals surface area contributed by atoms with E-state index < -0.39 is 0 Å². The monoisotopic (exact) mass is 221 g/mol. The summed E-state index contributed by atoms with van der Waals surface area (Å²) >= 11 is 0. The zero-order chi connectivity index (χ0) is 12.1. The van der Waals surface area contributed by atoms with Crippen LogP contribution in [-0.4, -0.2) is 24.3 Å². The SMILES string of the molecule is C=C(C=C(C)C)CN[C@H]1CCC(=O)NC1=N. The minimum atomic E-state index is -0.0637. The fourth-order valence-electron chi connectivity index (χ4n) is 1.64. The van der Waals surface area contributed by atoms with Crippen LogP contribution in [0.5, 0.6) is 0 Å². The first-order valence-electron chi connectivity index (χ1n) is 5.43. The van der Waals surface area contributed by atoms with Gasteiger partial charge in [0.25, 0.3) is 0 Å². The fraction of sp³-hybridized carbons (Fsp3) is 0.500. The molecule has 88 valence electrons. The lowest BCUT2D eigenvalue weighted by Crippen LogP contribution is -2.50. The van der Waals surface area contributed by atoms with E-state index in [0.29, 0.717) is 19.4 Å². The molecule has 0 radical (unpaired) electrons. The smallest absolute Gasteiger partial charge is 0.225 e. The largest absolute Gasteiger partial charge is 0.313 e. The number of hydrogen-bond acceptors (Lipinski definition) is 3. The van der Waals surface area contributed by atoms with Crippen LogP contribution in [0, 0.1) is 5.41 Å². The molecule has 1 rings (SSSR count). The number of hydrogen-bond donors (Lipinski definition) is 3. The van der Waals surface area contributed by atoms with Gasteiger partial charge in [0.15, 0.2) is 0 Å². The molecule has 1 atom stereocenters. The van der Waals surface area contributed by atoms with Crippen LogP contribution in [0.25, 0.3) is 0 Å². The molecule has 0 aromatic carbocycles. The van der Waals surface area contributed by atoms with Gasteiger partial charge in [0.2, 0.25) is 5.91 Å². The Bertz CT molecular complexity index is 340. The van der Waals surface area contributed by atoms with E-state index in [9.17, 15) is 4.79 Å². The van der Waals surface area contributed by atoms with E-state index in [2.05, 4.69) is 17.2 Å². The van der Waals surface area contributed by atoms with Gasteiger partial charge in [0, 0.05) is 13.0 Å². The summed E-state index contributed by atoms with van der Waals surface area (Å²) in [7, 11) is 0. The van der Waals surface area contributed by atoms with Crippen molar-refractivity contribution in [3.8, 4) is 0 Å². The van der Waals surface area contributed by atoms with Gasteiger partial charge in [-0.3, -0.25) is 10.2 Å². The van der Waals surface area contributed by atoms with Gasteiger partial charge in [-0.15, -0.1) is 0 Å². The van der Waals surface area contributed by atoms with Crippen LogP contribution in [0.2, 0.25) is 0 Å². The summed E-state index contributed by atoms with van der Waals surface area (Å²) in [5.74, 6) is 0.201. The molecule has 4 nitrogen and oxygen atoms in total. The molecule has 1 fully saturated rings. The topological polar surface area (TPSA) is 65.0 Å². The van der Waals surface area contributed by atoms with E-state index in [1.165, 1.54) is 5.57 Å². The van der Waals surface area contributed by atoms with Crippen molar-refractivity contribution in [3.05, 3.63) is 23.8 Å². The number of rotatable bonds is 4. The molecule has 1 aliphatic rings. The third-order valence-corrected chi connectivity index (χ3v) is 2.35. The normalized spacial score (nSPS) is 20.2. The summed E-state index contributed by atoms with van der Waals surface area (Å²) in [6, 6.07) is -0.0555. The minimum absolute atomic E-state index is 0.0555. The zero-order valence-corrected chi connectivity index (χ0v) is 9.89. The fourth-order valence-corrected chi connectivity index (χ4v) is 1.64. The van der Waals surface area contributed by atoms with Crippen molar-refractivity contribution >= 4 is 11.7 Å². The van der Waals surface area contributed by atoms with E-state index >= 15 is 0 Å². The quantitative estimate of drug-likeness (QED) is 0.627. The van der Waals surface area contributed by atoms with E-state index in [1.54, 1.807) is 0 Å². The number of allylic oxidation sites excluding steroid dienone is 1. The van der Waals surface area contributed by atoms with E-state index in [0.717, 1.165) is 5.57 Å². The zero-order valence-electron chi connectivity index (χ0n) is 9.89. The molecule has 0 bridgehead atoms. The second-order valence-corrected chi connectivity index (χ2v) is 4.31. The third kappa shape index (κ3) is 3.98. The number of piperidine rings is 1. The molecule has 0 aliphatic carbocycles. The average molecular weight is 221 g/mol. The lowest BCUT2D eigenvalue weighted by molar-refractivity contribution is -0.120. The molecule has 4 heteroatoms. The molecule has 0 saturated carbocycles. The lowest BCUT2D eigenvalue weighted by Gasteiger charge is -2.24. The third-order valence-electron chi connectivity index (χ3n) is 2.35. The number of amidine groups is 1. The van der Waals surface area contributed by atoms with E-state index in [1.807, 2.05) is 19.9 Å². The standard InChI is InChI=1S/C12H19N3O/c1-8(2)6-9(3)7-14-10-4-5-11(16)15-12(10)13/h6,10,14H,3-5,7H2,1-2H3,(H2,13,15,16)/t10-/m0/s1. The van der Waals surface area contributed by atoms with Gasteiger partial charge in [0.05, 0.1) is 6.04 Å². The first kappa shape index (κ1) is 12.6. The maximum atomic E-state index is 11.0. The van der Waals surface area contributed by atoms with Crippen LogP contribution in [0.15, 0.2) is 23.8 Å². The highest BCUT2D eigenvalue weighted by molar-refractivity contribution is 6.01. The number of carbonyl (C=O) groups is 1. The van der Waals surface area contributed by atoms with Crippen molar-refractivity contribution < 1.29 is 4.79 Å². The second kappa shape index (κ2) is 5.61. The molecule has 0 unspecified atom stereocenters. The second-order valence-electron chi connectivity index (χ2n) is 4.31. The maximum absolute atomic E-state index is 11.0. The lowest BCUT2D eigenvalue weighted by atomic mass is 10.1. The molecule has 16 heavy (non-hydrogen) atoms. The van der Waals surface area contributed by atoms with Crippen LogP contribution < -0.4 is 10.6 Å². The first-order chi connectivity index (χ1) is 7.49. The highest BCUT2D eigenvalue weighted by Gasteiger charge is 2.22. The average Bonchev–Trinajstić information content (AvgIpc) is 2.15. The molecule has 1 saturated heterocycles. The predicted molar refractivity (Wildman–Crippen MR) is 65.5 cm³/mol. The molecule has 0 aromatic heterocycles. The Balaban J connectivity index is 2.38. The summed E-state index contributed by atoms with van der Waals surface area (Å²) in [5.41, 5.74) is 2.20. The summed E-state index contributed by atoms with van der Waals surface area (Å²) in [6.07, 6.45) is 3.18. The molecule has 1 heterocycles. The van der Waals surface area contributed by atoms with Crippen LogP contribution in [0.4, 0.5) is 0 Å². The number of nitrogens with one attached hydrogen (secondary N) is 3. The summed E-state index contributed by atoms with van der Waals surface area (Å²) < 4.78 is 0. The van der Waals surface area contributed by atoms with Gasteiger partial charge in [-0.25, -0.2) is 0 Å². The summed E-state index contributed by atoms with van der Waals surface area (Å²) in [4.78, 5) is 11.0. The molecule has 1 amide bonds. The summed E-state index contributed by atoms with van der Waals surface area (Å²) in [5, 5.41) is 13.4. The Morgan fingerprint density at radius 2 is 2.38 bits per heavy atom. The van der Waals surface area contributed by atoms with Crippen molar-refractivity contribution in [2.45, 2.75) is 32.7 Å². The number of amides is 1. The highest BCUT2D eigenvalue weighted by atomic mass is 16.1. The van der Waals surface area contributed by atoms with Crippen molar-refractivity contribution in [2.24, 2.45) is 0 Å². The minimum Gasteiger partial charge on any atom is -0.313 e. The Hall–Kier alpha value is -1.42. The van der Waals surface area contributed by atoms with Gasteiger partial charge in [-0.1, -0.05) is 18.2 Å². The van der Waals surface area contributed by atoms with Crippen molar-refractivity contribution in [1.29, 1.82) is 5.41 Å². The van der Waals surface area contributed by atoms with Crippen molar-refractivity contribution in [1.82, 2.24) is 10.6 Å². The van der Waals surface area contributed by atoms with E-state index in [-0.39, 0.29) is 17.8 Å². The van der Waals surface area contributed by atoms with Gasteiger partial charge >= 0.3 is 0 Å². The van der Waals surface area contributed by atoms with Crippen LogP contribution in [0.3, 0.4) is 0 Å². The van der Waals surface area contributed by atoms with Crippen LogP contribution in [0.1, 0.15) is 26.7 Å².